The van der Waals surface area contributed by atoms with Crippen LogP contribution in [0.1, 0.15) is 60.9 Å². The molecule has 1 aromatic heterocycles. The molecule has 96 valence electrons. The van der Waals surface area contributed by atoms with Gasteiger partial charge in [-0.15, -0.1) is 11.3 Å². The molecule has 0 spiro atoms. The second-order valence-electron chi connectivity index (χ2n) is 5.39. The topological polar surface area (TPSA) is 62.2 Å². The van der Waals surface area contributed by atoms with Gasteiger partial charge in [0.25, 0.3) is 0 Å². The third kappa shape index (κ3) is 4.09. The van der Waals surface area contributed by atoms with Gasteiger partial charge in [0.05, 0.1) is 5.69 Å². The van der Waals surface area contributed by atoms with Gasteiger partial charge in [-0.05, 0) is 26.7 Å². The number of aromatic nitrogens is 1. The lowest BCUT2D eigenvalue weighted by Gasteiger charge is -2.19. The standard InChI is InChI=1S/C12H20N2O2S/c1-7(2)9-10(11(15)16)17-8(14-9)6-13-12(3,4)5/h7,13H,6H2,1-5H3,(H,15,16). The van der Waals surface area contributed by atoms with Crippen LogP contribution in [0.25, 0.3) is 0 Å². The number of nitrogens with zero attached hydrogens (tertiary/aromatic N) is 1. The van der Waals surface area contributed by atoms with E-state index < -0.39 is 5.97 Å². The first-order chi connectivity index (χ1) is 7.70. The molecule has 4 nitrogen and oxygen atoms in total. The lowest BCUT2D eigenvalue weighted by molar-refractivity contribution is 0.0700. The molecule has 2 N–H and O–H groups in total. The molecule has 0 amide bonds. The predicted octanol–water partition coefficient (Wildman–Crippen LogP) is 2.85. The number of rotatable bonds is 4. The number of aromatic carboxylic acids is 1. The van der Waals surface area contributed by atoms with Gasteiger partial charge >= 0.3 is 5.97 Å². The van der Waals surface area contributed by atoms with Gasteiger partial charge in [-0.3, -0.25) is 0 Å². The van der Waals surface area contributed by atoms with Gasteiger partial charge in [0, 0.05) is 12.1 Å². The van der Waals surface area contributed by atoms with Crippen molar-refractivity contribution in [1.82, 2.24) is 10.3 Å². The zero-order valence-electron chi connectivity index (χ0n) is 11.0. The van der Waals surface area contributed by atoms with Gasteiger partial charge in [-0.25, -0.2) is 9.78 Å². The van der Waals surface area contributed by atoms with Crippen LogP contribution in [-0.4, -0.2) is 21.6 Å². The Labute approximate surface area is 106 Å². The Balaban J connectivity index is 2.89. The van der Waals surface area contributed by atoms with Crippen molar-refractivity contribution in [2.75, 3.05) is 0 Å². The number of thiazole rings is 1. The summed E-state index contributed by atoms with van der Waals surface area (Å²) in [6.07, 6.45) is 0. The van der Waals surface area contributed by atoms with Crippen LogP contribution in [0.2, 0.25) is 0 Å². The number of carboxylic acid groups (broad SMARTS) is 1. The highest BCUT2D eigenvalue weighted by Crippen LogP contribution is 2.25. The summed E-state index contributed by atoms with van der Waals surface area (Å²) < 4.78 is 0. The molecule has 0 aromatic carbocycles. The molecular weight excluding hydrogens is 236 g/mol. The van der Waals surface area contributed by atoms with Crippen molar-refractivity contribution in [3.05, 3.63) is 15.6 Å². The highest BCUT2D eigenvalue weighted by Gasteiger charge is 2.20. The van der Waals surface area contributed by atoms with Crippen LogP contribution in [0.15, 0.2) is 0 Å². The summed E-state index contributed by atoms with van der Waals surface area (Å²) in [6, 6.07) is 0. The van der Waals surface area contributed by atoms with Gasteiger partial charge in [-0.1, -0.05) is 13.8 Å². The Morgan fingerprint density at radius 1 is 1.47 bits per heavy atom. The molecule has 1 rings (SSSR count). The van der Waals surface area contributed by atoms with E-state index in [2.05, 4.69) is 31.1 Å². The van der Waals surface area contributed by atoms with E-state index in [9.17, 15) is 4.79 Å². The fourth-order valence-corrected chi connectivity index (χ4v) is 2.34. The third-order valence-electron chi connectivity index (χ3n) is 2.21. The van der Waals surface area contributed by atoms with E-state index in [-0.39, 0.29) is 11.5 Å². The van der Waals surface area contributed by atoms with E-state index in [1.807, 2.05) is 13.8 Å². The summed E-state index contributed by atoms with van der Waals surface area (Å²) in [5, 5.41) is 13.3. The smallest absolute Gasteiger partial charge is 0.347 e. The molecule has 0 aliphatic carbocycles. The molecule has 0 unspecified atom stereocenters. The number of hydrogen-bond acceptors (Lipinski definition) is 4. The van der Waals surface area contributed by atoms with Crippen molar-refractivity contribution in [1.29, 1.82) is 0 Å². The van der Waals surface area contributed by atoms with Crippen molar-refractivity contribution >= 4 is 17.3 Å². The fraction of sp³-hybridized carbons (Fsp3) is 0.667. The maximum atomic E-state index is 11.1. The van der Waals surface area contributed by atoms with Gasteiger partial charge in [0.1, 0.15) is 9.88 Å². The maximum absolute atomic E-state index is 11.1. The third-order valence-corrected chi connectivity index (χ3v) is 3.27. The van der Waals surface area contributed by atoms with Crippen LogP contribution in [0, 0.1) is 0 Å². The number of carbonyl (C=O) groups is 1. The van der Waals surface area contributed by atoms with Crippen LogP contribution in [0.5, 0.6) is 0 Å². The predicted molar refractivity (Wildman–Crippen MR) is 69.8 cm³/mol. The molecule has 0 aliphatic rings. The van der Waals surface area contributed by atoms with E-state index in [0.717, 1.165) is 5.01 Å². The molecule has 1 heterocycles. The summed E-state index contributed by atoms with van der Waals surface area (Å²) in [5.74, 6) is -0.742. The summed E-state index contributed by atoms with van der Waals surface area (Å²) in [4.78, 5) is 15.9. The van der Waals surface area contributed by atoms with Crippen LogP contribution >= 0.6 is 11.3 Å². The van der Waals surface area contributed by atoms with Crippen LogP contribution in [0.4, 0.5) is 0 Å². The number of nitrogens with one attached hydrogen (secondary N) is 1. The maximum Gasteiger partial charge on any atom is 0.347 e. The molecule has 0 aliphatic heterocycles. The van der Waals surface area contributed by atoms with Crippen LogP contribution in [-0.2, 0) is 6.54 Å². The molecule has 0 saturated heterocycles. The normalized spacial score (nSPS) is 12.1. The first kappa shape index (κ1) is 14.1. The van der Waals surface area contributed by atoms with Gasteiger partial charge < -0.3 is 10.4 Å². The zero-order valence-corrected chi connectivity index (χ0v) is 11.8. The SMILES string of the molecule is CC(C)c1nc(CNC(C)(C)C)sc1C(=O)O. The molecule has 0 saturated carbocycles. The molecule has 5 heteroatoms. The second-order valence-corrected chi connectivity index (χ2v) is 6.47. The summed E-state index contributed by atoms with van der Waals surface area (Å²) >= 11 is 1.26. The monoisotopic (exact) mass is 256 g/mol. The van der Waals surface area contributed by atoms with Crippen molar-refractivity contribution < 1.29 is 9.90 Å². The van der Waals surface area contributed by atoms with Crippen molar-refractivity contribution in [2.45, 2.75) is 52.6 Å². The lowest BCUT2D eigenvalue weighted by atomic mass is 10.1. The highest BCUT2D eigenvalue weighted by atomic mass is 32.1. The summed E-state index contributed by atoms with van der Waals surface area (Å²) in [6.45, 7) is 10.7. The first-order valence-corrected chi connectivity index (χ1v) is 6.50. The van der Waals surface area contributed by atoms with Crippen LogP contribution < -0.4 is 5.32 Å². The molecular formula is C12H20N2O2S. The van der Waals surface area contributed by atoms with Crippen molar-refractivity contribution in [3.63, 3.8) is 0 Å². The Hall–Kier alpha value is -0.940. The van der Waals surface area contributed by atoms with Gasteiger partial charge in [0.2, 0.25) is 0 Å². The van der Waals surface area contributed by atoms with E-state index in [1.165, 1.54) is 11.3 Å². The Bertz CT molecular complexity index is 405. The Morgan fingerprint density at radius 2 is 2.06 bits per heavy atom. The largest absolute Gasteiger partial charge is 0.477 e. The molecule has 0 radical (unpaired) electrons. The average molecular weight is 256 g/mol. The van der Waals surface area contributed by atoms with E-state index in [4.69, 9.17) is 5.11 Å². The highest BCUT2D eigenvalue weighted by molar-refractivity contribution is 7.13. The quantitative estimate of drug-likeness (QED) is 0.869. The fourth-order valence-electron chi connectivity index (χ4n) is 1.34. The van der Waals surface area contributed by atoms with Gasteiger partial charge in [0.15, 0.2) is 0 Å². The second kappa shape index (κ2) is 5.14. The summed E-state index contributed by atoms with van der Waals surface area (Å²) in [5.41, 5.74) is 0.695. The number of carboxylic acids is 1. The molecule has 1 aromatic rings. The van der Waals surface area contributed by atoms with E-state index in [1.54, 1.807) is 0 Å². The van der Waals surface area contributed by atoms with Crippen molar-refractivity contribution in [3.8, 4) is 0 Å². The molecule has 0 atom stereocenters. The zero-order chi connectivity index (χ0) is 13.2. The Kier molecular flexibility index (Phi) is 4.27. The first-order valence-electron chi connectivity index (χ1n) is 5.68. The molecule has 17 heavy (non-hydrogen) atoms. The molecule has 0 bridgehead atoms. The molecule has 0 fully saturated rings. The average Bonchev–Trinajstić information content (AvgIpc) is 2.57. The minimum Gasteiger partial charge on any atom is -0.477 e. The van der Waals surface area contributed by atoms with Gasteiger partial charge in [-0.2, -0.15) is 0 Å². The lowest BCUT2D eigenvalue weighted by Crippen LogP contribution is -2.35. The summed E-state index contributed by atoms with van der Waals surface area (Å²) in [7, 11) is 0. The minimum absolute atomic E-state index is 0.00699. The van der Waals surface area contributed by atoms with Crippen molar-refractivity contribution in [2.24, 2.45) is 0 Å². The van der Waals surface area contributed by atoms with E-state index in [0.29, 0.717) is 17.1 Å². The van der Waals surface area contributed by atoms with E-state index >= 15 is 0 Å². The number of hydrogen-bond donors (Lipinski definition) is 2. The Morgan fingerprint density at radius 3 is 2.41 bits per heavy atom. The van der Waals surface area contributed by atoms with Crippen LogP contribution in [0.3, 0.4) is 0 Å². The minimum atomic E-state index is -0.881.